The van der Waals surface area contributed by atoms with Crippen molar-refractivity contribution < 1.29 is 9.66 Å². The minimum atomic E-state index is -0.471. The number of azo groups is 2. The quantitative estimate of drug-likeness (QED) is 0.152. The lowest BCUT2D eigenvalue weighted by Crippen LogP contribution is -1.89. The van der Waals surface area contributed by atoms with Gasteiger partial charge in [-0.2, -0.15) is 10.2 Å². The van der Waals surface area contributed by atoms with Crippen LogP contribution in [0.1, 0.15) is 12.5 Å². The number of nitrogen functional groups attached to an aromatic ring is 1. The van der Waals surface area contributed by atoms with Crippen LogP contribution in [0.4, 0.5) is 22.7 Å². The molecule has 2 aromatic rings. The average Bonchev–Trinajstić information content (AvgIpc) is 2.68. The molecule has 2 aromatic carbocycles. The number of rotatable bonds is 8. The van der Waals surface area contributed by atoms with Crippen LogP contribution >= 0.6 is 0 Å². The molecule has 0 saturated heterocycles. The summed E-state index contributed by atoms with van der Waals surface area (Å²) >= 11 is 0. The van der Waals surface area contributed by atoms with Gasteiger partial charge in [0.05, 0.1) is 24.3 Å². The third kappa shape index (κ3) is 6.98. The normalized spacial score (nSPS) is 12.7. The summed E-state index contributed by atoms with van der Waals surface area (Å²) in [6, 6.07) is 11.8. The molecular weight excluding hydrogens is 372 g/mol. The molecule has 0 aliphatic rings. The zero-order chi connectivity index (χ0) is 21.2. The molecule has 29 heavy (non-hydrogen) atoms. The number of ether oxygens (including phenoxy) is 1. The first-order valence-electron chi connectivity index (χ1n) is 8.69. The molecule has 0 heterocycles. The lowest BCUT2D eigenvalue weighted by atomic mass is 10.2. The van der Waals surface area contributed by atoms with Gasteiger partial charge in [0.15, 0.2) is 5.69 Å². The van der Waals surface area contributed by atoms with Gasteiger partial charge < -0.3 is 10.5 Å². The van der Waals surface area contributed by atoms with Crippen LogP contribution in [0.5, 0.6) is 0 Å². The number of nitrogens with two attached hydrogens (primary N) is 1. The van der Waals surface area contributed by atoms with Gasteiger partial charge in [0.2, 0.25) is 0 Å². The first-order valence-corrected chi connectivity index (χ1v) is 8.69. The van der Waals surface area contributed by atoms with Crippen molar-refractivity contribution in [3.05, 3.63) is 81.8 Å². The fourth-order valence-electron chi connectivity index (χ4n) is 2.25. The molecule has 9 heteroatoms. The molecule has 150 valence electrons. The highest BCUT2D eigenvalue weighted by atomic mass is 16.6. The highest BCUT2D eigenvalue weighted by molar-refractivity contribution is 5.58. The van der Waals surface area contributed by atoms with Crippen molar-refractivity contribution >= 4 is 22.7 Å². The molecule has 0 aromatic heterocycles. The maximum Gasteiger partial charge on any atom is 0.296 e. The molecular formula is C20H22N6O3. The summed E-state index contributed by atoms with van der Waals surface area (Å²) in [5.74, 6) is 0. The van der Waals surface area contributed by atoms with E-state index in [1.54, 1.807) is 49.4 Å². The van der Waals surface area contributed by atoms with E-state index in [4.69, 9.17) is 10.5 Å². The first-order chi connectivity index (χ1) is 13.9. The van der Waals surface area contributed by atoms with E-state index in [9.17, 15) is 10.1 Å². The maximum atomic E-state index is 11.1. The van der Waals surface area contributed by atoms with Gasteiger partial charge in [0.25, 0.3) is 5.69 Å². The van der Waals surface area contributed by atoms with E-state index < -0.39 is 4.92 Å². The largest absolute Gasteiger partial charge is 0.502 e. The summed E-state index contributed by atoms with van der Waals surface area (Å²) < 4.78 is 5.03. The zero-order valence-electron chi connectivity index (χ0n) is 16.4. The molecule has 0 unspecified atom stereocenters. The summed E-state index contributed by atoms with van der Waals surface area (Å²) in [6.07, 6.45) is 3.19. The highest BCUT2D eigenvalue weighted by Gasteiger charge is 2.13. The SMILES string of the molecule is CO/C=C(/C=C(/C)CN=Nc1ccc(C)cc1[N+](=O)[O-])N=Nc1ccc(N)cc1. The van der Waals surface area contributed by atoms with Gasteiger partial charge in [-0.25, -0.2) is 0 Å². The average molecular weight is 394 g/mol. The Bertz CT molecular complexity index is 978. The number of anilines is 1. The number of aryl methyl sites for hydroxylation is 1. The van der Waals surface area contributed by atoms with Crippen molar-refractivity contribution in [3.8, 4) is 0 Å². The summed E-state index contributed by atoms with van der Waals surface area (Å²) in [5, 5.41) is 27.5. The Kier molecular flexibility index (Phi) is 7.72. The van der Waals surface area contributed by atoms with E-state index in [0.29, 0.717) is 17.1 Å². The van der Waals surface area contributed by atoms with Crippen LogP contribution in [0, 0.1) is 17.0 Å². The molecule has 0 aliphatic heterocycles. The Hall–Kier alpha value is -3.88. The fraction of sp³-hybridized carbons (Fsp3) is 0.200. The van der Waals surface area contributed by atoms with Gasteiger partial charge >= 0.3 is 0 Å². The van der Waals surface area contributed by atoms with Crippen molar-refractivity contribution in [1.29, 1.82) is 0 Å². The van der Waals surface area contributed by atoms with E-state index in [1.165, 1.54) is 19.4 Å². The van der Waals surface area contributed by atoms with E-state index in [0.717, 1.165) is 11.1 Å². The minimum Gasteiger partial charge on any atom is -0.502 e. The van der Waals surface area contributed by atoms with Crippen molar-refractivity contribution in [2.24, 2.45) is 20.5 Å². The number of methoxy groups -OCH3 is 1. The Morgan fingerprint density at radius 2 is 1.93 bits per heavy atom. The molecule has 0 spiro atoms. The first kappa shape index (κ1) is 21.4. The summed E-state index contributed by atoms with van der Waals surface area (Å²) in [7, 11) is 1.51. The summed E-state index contributed by atoms with van der Waals surface area (Å²) in [5.41, 5.74) is 9.17. The summed E-state index contributed by atoms with van der Waals surface area (Å²) in [6.45, 7) is 3.86. The molecule has 0 radical (unpaired) electrons. The lowest BCUT2D eigenvalue weighted by molar-refractivity contribution is -0.384. The van der Waals surface area contributed by atoms with Gasteiger partial charge in [-0.3, -0.25) is 10.1 Å². The van der Waals surface area contributed by atoms with Crippen molar-refractivity contribution in [2.45, 2.75) is 13.8 Å². The van der Waals surface area contributed by atoms with Crippen LogP contribution in [-0.2, 0) is 4.74 Å². The number of hydrogen-bond acceptors (Lipinski definition) is 8. The molecule has 0 saturated carbocycles. The van der Waals surface area contributed by atoms with Gasteiger partial charge in [-0.1, -0.05) is 6.07 Å². The molecule has 9 nitrogen and oxygen atoms in total. The number of nitro benzene ring substituents is 1. The van der Waals surface area contributed by atoms with Gasteiger partial charge in [0.1, 0.15) is 12.0 Å². The molecule has 0 amide bonds. The van der Waals surface area contributed by atoms with Crippen LogP contribution < -0.4 is 5.73 Å². The Morgan fingerprint density at radius 1 is 1.21 bits per heavy atom. The Balaban J connectivity index is 2.10. The Morgan fingerprint density at radius 3 is 2.59 bits per heavy atom. The van der Waals surface area contributed by atoms with Crippen molar-refractivity contribution in [2.75, 3.05) is 19.4 Å². The minimum absolute atomic E-state index is 0.0763. The maximum absolute atomic E-state index is 11.1. The van der Waals surface area contributed by atoms with Gasteiger partial charge in [-0.05, 0) is 61.4 Å². The molecule has 0 atom stereocenters. The van der Waals surface area contributed by atoms with Crippen molar-refractivity contribution in [3.63, 3.8) is 0 Å². The van der Waals surface area contributed by atoms with Crippen molar-refractivity contribution in [1.82, 2.24) is 0 Å². The Labute approximate surface area is 168 Å². The van der Waals surface area contributed by atoms with E-state index in [-0.39, 0.29) is 17.9 Å². The smallest absolute Gasteiger partial charge is 0.296 e. The number of hydrogen-bond donors (Lipinski definition) is 1. The fourth-order valence-corrected chi connectivity index (χ4v) is 2.25. The third-order valence-corrected chi connectivity index (χ3v) is 3.63. The van der Waals surface area contributed by atoms with Gasteiger partial charge in [-0.15, -0.1) is 10.2 Å². The van der Waals surface area contributed by atoms with Crippen LogP contribution in [0.3, 0.4) is 0 Å². The van der Waals surface area contributed by atoms with Crippen LogP contribution in [0.15, 0.2) is 86.5 Å². The van der Waals surface area contributed by atoms with Gasteiger partial charge in [0, 0.05) is 11.8 Å². The topological polar surface area (TPSA) is 128 Å². The second-order valence-electron chi connectivity index (χ2n) is 6.21. The predicted octanol–water partition coefficient (Wildman–Crippen LogP) is 5.79. The molecule has 2 rings (SSSR count). The number of benzene rings is 2. The number of nitro groups is 1. The number of allylic oxidation sites excluding steroid dienone is 1. The highest BCUT2D eigenvalue weighted by Crippen LogP contribution is 2.28. The molecule has 2 N–H and O–H groups in total. The second-order valence-corrected chi connectivity index (χ2v) is 6.21. The summed E-state index contributed by atoms with van der Waals surface area (Å²) in [4.78, 5) is 10.7. The van der Waals surface area contributed by atoms with E-state index >= 15 is 0 Å². The van der Waals surface area contributed by atoms with E-state index in [2.05, 4.69) is 20.5 Å². The van der Waals surface area contributed by atoms with Crippen LogP contribution in [0.2, 0.25) is 0 Å². The molecule has 0 fully saturated rings. The number of nitrogens with zero attached hydrogens (tertiary/aromatic N) is 5. The molecule has 0 bridgehead atoms. The van der Waals surface area contributed by atoms with E-state index in [1.807, 2.05) is 6.92 Å². The van der Waals surface area contributed by atoms with Crippen LogP contribution in [-0.4, -0.2) is 18.6 Å². The standard InChI is InChI=1S/C20H22N6O3/c1-14-4-9-19(20(11-14)26(27)28)25-22-12-15(2)10-18(13-29-3)24-23-17-7-5-16(21)6-8-17/h4-11,13H,12,21H2,1-3H3/b15-10-,18-13-,24-23?,25-22?. The molecule has 0 aliphatic carbocycles. The zero-order valence-corrected chi connectivity index (χ0v) is 16.4. The lowest BCUT2D eigenvalue weighted by Gasteiger charge is -2.00. The monoisotopic (exact) mass is 394 g/mol. The third-order valence-electron chi connectivity index (χ3n) is 3.63. The predicted molar refractivity (Wildman–Crippen MR) is 111 cm³/mol. The second kappa shape index (κ2) is 10.5. The van der Waals surface area contributed by atoms with Crippen LogP contribution in [0.25, 0.3) is 0 Å².